The molecule has 0 radical (unpaired) electrons. The van der Waals surface area contributed by atoms with Gasteiger partial charge >= 0.3 is 5.97 Å². The number of carbonyl (C=O) groups excluding carboxylic acids is 1. The number of hydrogen-bond acceptors (Lipinski definition) is 2. The Hall–Kier alpha value is -0.530. The largest absolute Gasteiger partial charge is 0.459 e. The normalized spacial score (nSPS) is 28.2. The smallest absolute Gasteiger partial charge is 0.312 e. The molecule has 2 unspecified atom stereocenters. The van der Waals surface area contributed by atoms with Gasteiger partial charge in [-0.05, 0) is 58.8 Å². The standard InChI is InChI=1S/C17H32O2/c1-6-8-11-14-12-9-10-13-17(14,5)19-15(18)16(3,4)7-2/h14H,6-13H2,1-5H3. The maximum Gasteiger partial charge on any atom is 0.312 e. The van der Waals surface area contributed by atoms with Gasteiger partial charge < -0.3 is 4.74 Å². The lowest BCUT2D eigenvalue weighted by atomic mass is 9.73. The van der Waals surface area contributed by atoms with Gasteiger partial charge in [0.25, 0.3) is 0 Å². The van der Waals surface area contributed by atoms with Crippen LogP contribution < -0.4 is 0 Å². The van der Waals surface area contributed by atoms with E-state index >= 15 is 0 Å². The van der Waals surface area contributed by atoms with Crippen LogP contribution in [0.5, 0.6) is 0 Å². The Morgan fingerprint density at radius 1 is 1.32 bits per heavy atom. The molecule has 2 heteroatoms. The van der Waals surface area contributed by atoms with Crippen LogP contribution in [0.25, 0.3) is 0 Å². The third-order valence-electron chi connectivity index (χ3n) is 5.01. The van der Waals surface area contributed by atoms with Crippen LogP contribution >= 0.6 is 0 Å². The quantitative estimate of drug-likeness (QED) is 0.626. The molecule has 0 aromatic carbocycles. The number of rotatable bonds is 6. The van der Waals surface area contributed by atoms with Crippen LogP contribution in [0.4, 0.5) is 0 Å². The topological polar surface area (TPSA) is 26.3 Å². The molecule has 1 fully saturated rings. The molecule has 0 spiro atoms. The minimum Gasteiger partial charge on any atom is -0.459 e. The maximum atomic E-state index is 12.4. The molecule has 2 atom stereocenters. The SMILES string of the molecule is CCCCC1CCCCC1(C)OC(=O)C(C)(C)CC. The Bertz CT molecular complexity index is 296. The molecule has 1 saturated carbocycles. The molecule has 0 aromatic rings. The zero-order valence-electron chi connectivity index (χ0n) is 13.6. The fourth-order valence-electron chi connectivity index (χ4n) is 2.90. The van der Waals surface area contributed by atoms with Crippen molar-refractivity contribution in [3.8, 4) is 0 Å². The van der Waals surface area contributed by atoms with Crippen molar-refractivity contribution in [2.75, 3.05) is 0 Å². The lowest BCUT2D eigenvalue weighted by Gasteiger charge is -2.42. The highest BCUT2D eigenvalue weighted by Gasteiger charge is 2.42. The first-order chi connectivity index (χ1) is 8.85. The molecule has 1 rings (SSSR count). The second kappa shape index (κ2) is 6.76. The van der Waals surface area contributed by atoms with Crippen molar-refractivity contribution in [3.05, 3.63) is 0 Å². The summed E-state index contributed by atoms with van der Waals surface area (Å²) >= 11 is 0. The van der Waals surface area contributed by atoms with Gasteiger partial charge in [-0.1, -0.05) is 33.1 Å². The Balaban J connectivity index is 2.72. The van der Waals surface area contributed by atoms with Gasteiger partial charge in [-0.25, -0.2) is 0 Å². The molecule has 0 saturated heterocycles. The van der Waals surface area contributed by atoms with Crippen LogP contribution in [0.2, 0.25) is 0 Å². The summed E-state index contributed by atoms with van der Waals surface area (Å²) in [4.78, 5) is 12.4. The summed E-state index contributed by atoms with van der Waals surface area (Å²) in [6, 6.07) is 0. The minimum absolute atomic E-state index is 0.0131. The maximum absolute atomic E-state index is 12.4. The van der Waals surface area contributed by atoms with Crippen LogP contribution in [0, 0.1) is 11.3 Å². The average Bonchev–Trinajstić information content (AvgIpc) is 2.37. The third-order valence-corrected chi connectivity index (χ3v) is 5.01. The number of hydrogen-bond donors (Lipinski definition) is 0. The second-order valence-electron chi connectivity index (χ2n) is 7.02. The highest BCUT2D eigenvalue weighted by molar-refractivity contribution is 5.76. The first kappa shape index (κ1) is 16.5. The van der Waals surface area contributed by atoms with Crippen molar-refractivity contribution < 1.29 is 9.53 Å². The van der Waals surface area contributed by atoms with Gasteiger partial charge in [0, 0.05) is 0 Å². The Kier molecular flexibility index (Phi) is 5.88. The third kappa shape index (κ3) is 4.22. The van der Waals surface area contributed by atoms with Crippen LogP contribution in [0.3, 0.4) is 0 Å². The van der Waals surface area contributed by atoms with Gasteiger partial charge in [0.05, 0.1) is 5.41 Å². The molecule has 0 heterocycles. The molecule has 112 valence electrons. The summed E-state index contributed by atoms with van der Waals surface area (Å²) in [5, 5.41) is 0. The van der Waals surface area contributed by atoms with Crippen LogP contribution in [0.1, 0.15) is 86.0 Å². The van der Waals surface area contributed by atoms with Gasteiger partial charge in [-0.3, -0.25) is 4.79 Å². The minimum atomic E-state index is -0.351. The fraction of sp³-hybridized carbons (Fsp3) is 0.941. The van der Waals surface area contributed by atoms with Crippen molar-refractivity contribution in [1.29, 1.82) is 0 Å². The molecule has 0 aliphatic heterocycles. The van der Waals surface area contributed by atoms with Crippen LogP contribution in [-0.4, -0.2) is 11.6 Å². The van der Waals surface area contributed by atoms with Crippen LogP contribution in [0.15, 0.2) is 0 Å². The van der Waals surface area contributed by atoms with E-state index in [2.05, 4.69) is 20.8 Å². The highest BCUT2D eigenvalue weighted by Crippen LogP contribution is 2.41. The molecular weight excluding hydrogens is 236 g/mol. The first-order valence-corrected chi connectivity index (χ1v) is 8.09. The molecule has 0 amide bonds. The molecule has 0 aromatic heterocycles. The van der Waals surface area contributed by atoms with Crippen molar-refractivity contribution >= 4 is 5.97 Å². The molecular formula is C17H32O2. The van der Waals surface area contributed by atoms with E-state index in [-0.39, 0.29) is 17.0 Å². The van der Waals surface area contributed by atoms with Crippen molar-refractivity contribution in [3.63, 3.8) is 0 Å². The summed E-state index contributed by atoms with van der Waals surface area (Å²) in [5.41, 5.74) is -0.577. The number of carbonyl (C=O) groups is 1. The van der Waals surface area contributed by atoms with E-state index in [0.717, 1.165) is 12.8 Å². The summed E-state index contributed by atoms with van der Waals surface area (Å²) < 4.78 is 6.01. The zero-order valence-corrected chi connectivity index (χ0v) is 13.6. The van der Waals surface area contributed by atoms with Crippen LogP contribution in [-0.2, 0) is 9.53 Å². The Labute approximate surface area is 119 Å². The number of esters is 1. The van der Waals surface area contributed by atoms with E-state index in [4.69, 9.17) is 4.74 Å². The van der Waals surface area contributed by atoms with E-state index in [0.29, 0.717) is 5.92 Å². The number of ether oxygens (including phenoxy) is 1. The molecule has 19 heavy (non-hydrogen) atoms. The predicted octanol–water partition coefficient (Wildman–Crippen LogP) is 5.10. The lowest BCUT2D eigenvalue weighted by molar-refractivity contribution is -0.179. The van der Waals surface area contributed by atoms with E-state index in [1.807, 2.05) is 13.8 Å². The van der Waals surface area contributed by atoms with Crippen molar-refractivity contribution in [2.45, 2.75) is 91.6 Å². The molecule has 2 nitrogen and oxygen atoms in total. The molecule has 0 bridgehead atoms. The van der Waals surface area contributed by atoms with Gasteiger partial charge in [0.1, 0.15) is 5.60 Å². The second-order valence-corrected chi connectivity index (χ2v) is 7.02. The van der Waals surface area contributed by atoms with Gasteiger partial charge in [-0.15, -0.1) is 0 Å². The summed E-state index contributed by atoms with van der Waals surface area (Å²) in [6.07, 6.45) is 9.24. The summed E-state index contributed by atoms with van der Waals surface area (Å²) in [5.74, 6) is 0.540. The molecule has 1 aliphatic rings. The summed E-state index contributed by atoms with van der Waals surface area (Å²) in [7, 11) is 0. The molecule has 1 aliphatic carbocycles. The predicted molar refractivity (Wildman–Crippen MR) is 80.1 cm³/mol. The van der Waals surface area contributed by atoms with Crippen molar-refractivity contribution in [1.82, 2.24) is 0 Å². The van der Waals surface area contributed by atoms with E-state index in [9.17, 15) is 4.79 Å². The average molecular weight is 268 g/mol. The van der Waals surface area contributed by atoms with Gasteiger partial charge in [0.2, 0.25) is 0 Å². The first-order valence-electron chi connectivity index (χ1n) is 8.09. The highest BCUT2D eigenvalue weighted by atomic mass is 16.6. The summed E-state index contributed by atoms with van der Waals surface area (Å²) in [6.45, 7) is 10.4. The van der Waals surface area contributed by atoms with Gasteiger partial charge in [-0.2, -0.15) is 0 Å². The van der Waals surface area contributed by atoms with E-state index < -0.39 is 0 Å². The Morgan fingerprint density at radius 2 is 2.00 bits per heavy atom. The van der Waals surface area contributed by atoms with Gasteiger partial charge in [0.15, 0.2) is 0 Å². The number of unbranched alkanes of at least 4 members (excludes halogenated alkanes) is 1. The lowest BCUT2D eigenvalue weighted by Crippen LogP contribution is -2.45. The van der Waals surface area contributed by atoms with Crippen molar-refractivity contribution in [2.24, 2.45) is 11.3 Å². The van der Waals surface area contributed by atoms with E-state index in [1.165, 1.54) is 38.5 Å². The monoisotopic (exact) mass is 268 g/mol. The fourth-order valence-corrected chi connectivity index (χ4v) is 2.90. The Morgan fingerprint density at radius 3 is 2.58 bits per heavy atom. The van der Waals surface area contributed by atoms with E-state index in [1.54, 1.807) is 0 Å². The zero-order chi connectivity index (χ0) is 14.5. The molecule has 0 N–H and O–H groups in total.